The van der Waals surface area contributed by atoms with Crippen molar-refractivity contribution in [3.8, 4) is 5.75 Å². The summed E-state index contributed by atoms with van der Waals surface area (Å²) in [6, 6.07) is 11.5. The average Bonchev–Trinajstić information content (AvgIpc) is 3.01. The zero-order valence-corrected chi connectivity index (χ0v) is 25.2. The fraction of sp³-hybridized carbons (Fsp3) is 0.531. The Morgan fingerprint density at radius 2 is 1.95 bits per heavy atom. The van der Waals surface area contributed by atoms with E-state index in [1.54, 1.807) is 31.3 Å². The van der Waals surface area contributed by atoms with Crippen LogP contribution in [0.1, 0.15) is 49.4 Å². The second-order valence-electron chi connectivity index (χ2n) is 11.4. The summed E-state index contributed by atoms with van der Waals surface area (Å²) in [5, 5.41) is 11.6. The molecular formula is C32H41FN4O4S. The van der Waals surface area contributed by atoms with Crippen molar-refractivity contribution in [3.63, 3.8) is 0 Å². The fourth-order valence-electron chi connectivity index (χ4n) is 6.23. The molecule has 0 aliphatic carbocycles. The number of pyridine rings is 2. The lowest BCUT2D eigenvalue weighted by Crippen LogP contribution is -2.42. The Labute approximate surface area is 251 Å². The highest BCUT2D eigenvalue weighted by molar-refractivity contribution is 7.99. The first kappa shape index (κ1) is 30.7. The van der Waals surface area contributed by atoms with Gasteiger partial charge in [0.05, 0.1) is 37.3 Å². The molecule has 1 atom stereocenters. The molecule has 3 aromatic rings. The molecule has 0 radical (unpaired) electrons. The van der Waals surface area contributed by atoms with E-state index < -0.39 is 17.6 Å². The van der Waals surface area contributed by atoms with Crippen molar-refractivity contribution in [1.29, 1.82) is 0 Å². The van der Waals surface area contributed by atoms with Crippen molar-refractivity contribution < 1.29 is 23.8 Å². The lowest BCUT2D eigenvalue weighted by Gasteiger charge is -2.41. The number of carboxylic acids is 1. The topological polar surface area (TPSA) is 88.0 Å². The summed E-state index contributed by atoms with van der Waals surface area (Å²) >= 11 is 1.73. The number of likely N-dealkylation sites (tertiary alicyclic amines) is 1. The van der Waals surface area contributed by atoms with Crippen LogP contribution in [0.2, 0.25) is 0 Å². The highest BCUT2D eigenvalue weighted by atomic mass is 32.2. The highest BCUT2D eigenvalue weighted by Crippen LogP contribution is 2.43. The molecule has 1 unspecified atom stereocenters. The van der Waals surface area contributed by atoms with Crippen LogP contribution in [0.3, 0.4) is 0 Å². The number of morpholine rings is 1. The number of carbonyl (C=O) groups is 1. The lowest BCUT2D eigenvalue weighted by molar-refractivity contribution is -0.141. The zero-order chi connectivity index (χ0) is 29.4. The van der Waals surface area contributed by atoms with Gasteiger partial charge in [0.2, 0.25) is 0 Å². The molecule has 2 aliphatic rings. The molecule has 0 bridgehead atoms. The summed E-state index contributed by atoms with van der Waals surface area (Å²) in [4.78, 5) is 25.7. The SMILES string of the molecule is COc1ccc2ncc(CN3CCOCC3)c(C(F)CCC3(CC(=O)O)CCN(CCSc4ccccn4)CC3)c2c1. The number of benzene rings is 1. The molecular weight excluding hydrogens is 555 g/mol. The first-order valence-corrected chi connectivity index (χ1v) is 15.8. The molecule has 2 saturated heterocycles. The number of aliphatic carboxylic acids is 1. The van der Waals surface area contributed by atoms with E-state index in [0.29, 0.717) is 37.5 Å². The zero-order valence-electron chi connectivity index (χ0n) is 24.3. The second kappa shape index (κ2) is 14.6. The van der Waals surface area contributed by atoms with Gasteiger partial charge >= 0.3 is 5.97 Å². The predicted molar refractivity (Wildman–Crippen MR) is 163 cm³/mol. The molecule has 2 aromatic heterocycles. The average molecular weight is 597 g/mol. The molecule has 42 heavy (non-hydrogen) atoms. The van der Waals surface area contributed by atoms with Gasteiger partial charge in [-0.05, 0) is 80.1 Å². The van der Waals surface area contributed by atoms with E-state index in [4.69, 9.17) is 9.47 Å². The minimum Gasteiger partial charge on any atom is -0.497 e. The van der Waals surface area contributed by atoms with Crippen molar-refractivity contribution >= 4 is 28.6 Å². The van der Waals surface area contributed by atoms with E-state index in [1.807, 2.05) is 36.4 Å². The molecule has 1 N–H and O–H groups in total. The Morgan fingerprint density at radius 1 is 1.14 bits per heavy atom. The van der Waals surface area contributed by atoms with Crippen molar-refractivity contribution in [2.75, 3.05) is 58.8 Å². The van der Waals surface area contributed by atoms with Crippen LogP contribution < -0.4 is 4.74 Å². The summed E-state index contributed by atoms with van der Waals surface area (Å²) < 4.78 is 27.5. The molecule has 0 spiro atoms. The van der Waals surface area contributed by atoms with Gasteiger partial charge in [-0.3, -0.25) is 14.7 Å². The molecule has 226 valence electrons. The molecule has 8 nitrogen and oxygen atoms in total. The summed E-state index contributed by atoms with van der Waals surface area (Å²) in [5.41, 5.74) is 1.85. The third kappa shape index (κ3) is 7.98. The minimum absolute atomic E-state index is 0.0712. The van der Waals surface area contributed by atoms with Crippen molar-refractivity contribution in [1.82, 2.24) is 19.8 Å². The van der Waals surface area contributed by atoms with E-state index in [9.17, 15) is 9.90 Å². The number of piperidine rings is 1. The number of carboxylic acid groups (broad SMARTS) is 1. The molecule has 2 aliphatic heterocycles. The number of nitrogens with zero attached hydrogens (tertiary/aromatic N) is 4. The summed E-state index contributed by atoms with van der Waals surface area (Å²) in [6.45, 7) is 6.10. The molecule has 0 amide bonds. The minimum atomic E-state index is -1.24. The van der Waals surface area contributed by atoms with Gasteiger partial charge in [-0.25, -0.2) is 9.37 Å². The Kier molecular flexibility index (Phi) is 10.7. The largest absolute Gasteiger partial charge is 0.497 e. The Morgan fingerprint density at radius 3 is 2.67 bits per heavy atom. The first-order chi connectivity index (χ1) is 20.4. The first-order valence-electron chi connectivity index (χ1n) is 14.8. The number of methoxy groups -OCH3 is 1. The quantitative estimate of drug-likeness (QED) is 0.253. The van der Waals surface area contributed by atoms with E-state index >= 15 is 4.39 Å². The Hall–Kier alpha value is -2.79. The van der Waals surface area contributed by atoms with Crippen molar-refractivity contribution in [2.24, 2.45) is 5.41 Å². The fourth-order valence-corrected chi connectivity index (χ4v) is 7.10. The monoisotopic (exact) mass is 596 g/mol. The number of thioether (sulfide) groups is 1. The number of fused-ring (bicyclic) bond motifs is 1. The number of hydrogen-bond donors (Lipinski definition) is 1. The number of alkyl halides is 1. The maximum atomic E-state index is 16.5. The number of ether oxygens (including phenoxy) is 2. The lowest BCUT2D eigenvalue weighted by atomic mass is 9.71. The number of aromatic nitrogens is 2. The Bertz CT molecular complexity index is 1320. The van der Waals surface area contributed by atoms with Crippen LogP contribution >= 0.6 is 11.8 Å². The molecule has 0 saturated carbocycles. The molecule has 1 aromatic carbocycles. The number of halogens is 1. The highest BCUT2D eigenvalue weighted by Gasteiger charge is 2.37. The van der Waals surface area contributed by atoms with Crippen LogP contribution in [0.4, 0.5) is 4.39 Å². The summed E-state index contributed by atoms with van der Waals surface area (Å²) in [7, 11) is 1.61. The van der Waals surface area contributed by atoms with E-state index in [-0.39, 0.29) is 12.8 Å². The number of rotatable bonds is 13. The van der Waals surface area contributed by atoms with Gasteiger partial charge < -0.3 is 19.5 Å². The van der Waals surface area contributed by atoms with Crippen LogP contribution in [0.5, 0.6) is 5.75 Å². The van der Waals surface area contributed by atoms with E-state index in [2.05, 4.69) is 19.8 Å². The maximum absolute atomic E-state index is 16.5. The van der Waals surface area contributed by atoms with Gasteiger partial charge in [-0.15, -0.1) is 11.8 Å². The van der Waals surface area contributed by atoms with Crippen LogP contribution in [0.25, 0.3) is 10.9 Å². The third-order valence-corrected chi connectivity index (χ3v) is 9.60. The third-order valence-electron chi connectivity index (χ3n) is 8.68. The number of hydrogen-bond acceptors (Lipinski definition) is 8. The van der Waals surface area contributed by atoms with Gasteiger partial charge in [-0.2, -0.15) is 0 Å². The van der Waals surface area contributed by atoms with E-state index in [1.165, 1.54) is 0 Å². The van der Waals surface area contributed by atoms with Crippen LogP contribution in [-0.2, 0) is 16.1 Å². The molecule has 2 fully saturated rings. The predicted octanol–water partition coefficient (Wildman–Crippen LogP) is 5.61. The summed E-state index contributed by atoms with van der Waals surface area (Å²) in [6.07, 6.45) is 4.76. The van der Waals surface area contributed by atoms with Gasteiger partial charge in [-0.1, -0.05) is 6.07 Å². The van der Waals surface area contributed by atoms with E-state index in [0.717, 1.165) is 72.8 Å². The smallest absolute Gasteiger partial charge is 0.303 e. The molecule has 10 heteroatoms. The molecule has 5 rings (SSSR count). The van der Waals surface area contributed by atoms with Crippen LogP contribution in [0.15, 0.2) is 53.8 Å². The van der Waals surface area contributed by atoms with Crippen molar-refractivity contribution in [3.05, 3.63) is 59.9 Å². The maximum Gasteiger partial charge on any atom is 0.303 e. The van der Waals surface area contributed by atoms with Crippen molar-refractivity contribution in [2.45, 2.75) is 49.8 Å². The van der Waals surface area contributed by atoms with Gasteiger partial charge in [0, 0.05) is 55.3 Å². The van der Waals surface area contributed by atoms with Crippen LogP contribution in [-0.4, -0.2) is 89.6 Å². The van der Waals surface area contributed by atoms with Gasteiger partial charge in [0.1, 0.15) is 11.9 Å². The standard InChI is InChI=1S/C32H41FN4O4S/c1-40-25-5-6-28-26(20-25)31(24(22-35-28)23-37-14-17-41-18-15-37)27(33)7-8-32(21-30(38)39)9-12-36(13-10-32)16-19-42-29-4-2-3-11-34-29/h2-6,11,20,22,27H,7-10,12-19,21,23H2,1H3,(H,38,39). The normalized spacial score (nSPS) is 18.6. The second-order valence-corrected chi connectivity index (χ2v) is 12.5. The molecule has 4 heterocycles. The van der Waals surface area contributed by atoms with Gasteiger partial charge in [0.25, 0.3) is 0 Å². The Balaban J connectivity index is 1.28. The summed E-state index contributed by atoms with van der Waals surface area (Å²) in [5.74, 6) is 0.786. The van der Waals surface area contributed by atoms with Crippen LogP contribution in [0, 0.1) is 5.41 Å². The van der Waals surface area contributed by atoms with Gasteiger partial charge in [0.15, 0.2) is 0 Å².